The molecule has 0 radical (unpaired) electrons. The maximum atomic E-state index is 12.3. The molecule has 1 aromatic carbocycles. The zero-order valence-electron chi connectivity index (χ0n) is 12.1. The number of thiophene rings is 1. The van der Waals surface area contributed by atoms with Gasteiger partial charge in [0.2, 0.25) is 0 Å². The van der Waals surface area contributed by atoms with Gasteiger partial charge >= 0.3 is 0 Å². The summed E-state index contributed by atoms with van der Waals surface area (Å²) < 4.78 is 0. The second-order valence-electron chi connectivity index (χ2n) is 5.31. The Balaban J connectivity index is 1.78. The fourth-order valence-corrected chi connectivity index (χ4v) is 3.13. The standard InChI is InChI=1S/C17H16N2O2S/c1-11(8-12-6-7-22-10-12)18-17(21)15-9-13-4-2-3-5-14(13)16(20)19-15/h2-7,9-11H,8H2,1H3,(H,18,21)(H,19,20)/t11-/m0/s1. The monoisotopic (exact) mass is 312 g/mol. The summed E-state index contributed by atoms with van der Waals surface area (Å²) in [5, 5.41) is 8.36. The van der Waals surface area contributed by atoms with Crippen LogP contribution >= 0.6 is 11.3 Å². The number of rotatable bonds is 4. The van der Waals surface area contributed by atoms with Gasteiger partial charge in [-0.1, -0.05) is 18.2 Å². The molecule has 4 nitrogen and oxygen atoms in total. The van der Waals surface area contributed by atoms with E-state index in [1.807, 2.05) is 30.5 Å². The normalized spacial score (nSPS) is 12.2. The van der Waals surface area contributed by atoms with E-state index in [4.69, 9.17) is 0 Å². The van der Waals surface area contributed by atoms with Crippen LogP contribution in [-0.4, -0.2) is 16.9 Å². The average Bonchev–Trinajstić information content (AvgIpc) is 3.00. The number of nitrogens with one attached hydrogen (secondary N) is 2. The Morgan fingerprint density at radius 1 is 1.32 bits per heavy atom. The summed E-state index contributed by atoms with van der Waals surface area (Å²) >= 11 is 1.64. The topological polar surface area (TPSA) is 62.0 Å². The van der Waals surface area contributed by atoms with Crippen molar-refractivity contribution in [3.05, 3.63) is 68.8 Å². The van der Waals surface area contributed by atoms with Crippen molar-refractivity contribution in [1.82, 2.24) is 10.3 Å². The first kappa shape index (κ1) is 14.5. The molecule has 0 spiro atoms. The van der Waals surface area contributed by atoms with Gasteiger partial charge in [-0.15, -0.1) is 0 Å². The molecule has 0 aliphatic carbocycles. The zero-order chi connectivity index (χ0) is 15.5. The van der Waals surface area contributed by atoms with Crippen LogP contribution in [-0.2, 0) is 6.42 Å². The highest BCUT2D eigenvalue weighted by Gasteiger charge is 2.12. The Hall–Kier alpha value is -2.40. The van der Waals surface area contributed by atoms with Crippen molar-refractivity contribution >= 4 is 28.0 Å². The maximum absolute atomic E-state index is 12.3. The summed E-state index contributed by atoms with van der Waals surface area (Å²) in [6.45, 7) is 1.95. The number of carbonyl (C=O) groups excluding carboxylic acids is 1. The minimum absolute atomic E-state index is 0.00271. The van der Waals surface area contributed by atoms with Gasteiger partial charge < -0.3 is 10.3 Å². The summed E-state index contributed by atoms with van der Waals surface area (Å²) in [5.74, 6) is -0.259. The van der Waals surface area contributed by atoms with Gasteiger partial charge in [-0.3, -0.25) is 9.59 Å². The Morgan fingerprint density at radius 2 is 2.14 bits per heavy atom. The number of carbonyl (C=O) groups is 1. The first-order valence-corrected chi connectivity index (χ1v) is 8.02. The smallest absolute Gasteiger partial charge is 0.268 e. The van der Waals surface area contributed by atoms with Gasteiger partial charge in [0.1, 0.15) is 5.69 Å². The number of pyridine rings is 1. The average molecular weight is 312 g/mol. The van der Waals surface area contributed by atoms with Gasteiger partial charge in [0, 0.05) is 11.4 Å². The van der Waals surface area contributed by atoms with E-state index in [-0.39, 0.29) is 17.5 Å². The number of amides is 1. The molecule has 0 bridgehead atoms. The van der Waals surface area contributed by atoms with Crippen LogP contribution in [0.15, 0.2) is 52.0 Å². The summed E-state index contributed by atoms with van der Waals surface area (Å²) in [5.41, 5.74) is 1.25. The Morgan fingerprint density at radius 3 is 2.91 bits per heavy atom. The van der Waals surface area contributed by atoms with Crippen LogP contribution in [0.4, 0.5) is 0 Å². The van der Waals surface area contributed by atoms with E-state index in [9.17, 15) is 9.59 Å². The Labute approximate surface area is 131 Å². The largest absolute Gasteiger partial charge is 0.348 e. The van der Waals surface area contributed by atoms with Gasteiger partial charge in [-0.05, 0) is 53.3 Å². The summed E-state index contributed by atoms with van der Waals surface area (Å²) in [6.07, 6.45) is 0.771. The third-order valence-corrected chi connectivity index (χ3v) is 4.23. The van der Waals surface area contributed by atoms with Crippen molar-refractivity contribution in [3.8, 4) is 0 Å². The van der Waals surface area contributed by atoms with E-state index in [1.54, 1.807) is 29.5 Å². The summed E-state index contributed by atoms with van der Waals surface area (Å²) in [6, 6.07) is 11.0. The Bertz CT molecular complexity index is 852. The molecular weight excluding hydrogens is 296 g/mol. The third-order valence-electron chi connectivity index (χ3n) is 3.50. The number of hydrogen-bond donors (Lipinski definition) is 2. The molecule has 0 aliphatic rings. The van der Waals surface area contributed by atoms with Crippen molar-refractivity contribution in [2.45, 2.75) is 19.4 Å². The van der Waals surface area contributed by atoms with E-state index in [1.165, 1.54) is 5.56 Å². The van der Waals surface area contributed by atoms with Crippen LogP contribution in [0.25, 0.3) is 10.8 Å². The molecule has 112 valence electrons. The highest BCUT2D eigenvalue weighted by atomic mass is 32.1. The van der Waals surface area contributed by atoms with E-state index < -0.39 is 0 Å². The minimum atomic E-state index is -0.259. The van der Waals surface area contributed by atoms with Crippen molar-refractivity contribution in [1.29, 1.82) is 0 Å². The number of aromatic amines is 1. The summed E-state index contributed by atoms with van der Waals surface area (Å²) in [4.78, 5) is 27.0. The second kappa shape index (κ2) is 6.15. The SMILES string of the molecule is C[C@@H](Cc1ccsc1)NC(=O)c1cc2ccccc2c(=O)[nH]1. The third kappa shape index (κ3) is 3.09. The molecule has 0 saturated heterocycles. The fourth-order valence-electron chi connectivity index (χ4n) is 2.45. The molecule has 0 saturated carbocycles. The van der Waals surface area contributed by atoms with Crippen molar-refractivity contribution in [2.24, 2.45) is 0 Å². The number of aromatic nitrogens is 1. The van der Waals surface area contributed by atoms with Crippen LogP contribution in [0.5, 0.6) is 0 Å². The molecule has 3 rings (SSSR count). The fraction of sp³-hybridized carbons (Fsp3) is 0.176. The van der Waals surface area contributed by atoms with E-state index >= 15 is 0 Å². The van der Waals surface area contributed by atoms with Crippen molar-refractivity contribution < 1.29 is 4.79 Å². The predicted octanol–water partition coefficient (Wildman–Crippen LogP) is 2.95. The quantitative estimate of drug-likeness (QED) is 0.778. The lowest BCUT2D eigenvalue weighted by Crippen LogP contribution is -2.35. The zero-order valence-corrected chi connectivity index (χ0v) is 12.9. The molecule has 22 heavy (non-hydrogen) atoms. The van der Waals surface area contributed by atoms with Gasteiger partial charge in [0.15, 0.2) is 0 Å². The van der Waals surface area contributed by atoms with E-state index in [2.05, 4.69) is 15.7 Å². The second-order valence-corrected chi connectivity index (χ2v) is 6.09. The molecule has 3 aromatic rings. The molecule has 2 heterocycles. The van der Waals surface area contributed by atoms with Gasteiger partial charge in [0.25, 0.3) is 11.5 Å². The van der Waals surface area contributed by atoms with Gasteiger partial charge in [0.05, 0.1) is 0 Å². The molecule has 0 fully saturated rings. The number of H-pyrrole nitrogens is 1. The first-order valence-electron chi connectivity index (χ1n) is 7.07. The molecular formula is C17H16N2O2S. The van der Waals surface area contributed by atoms with Crippen LogP contribution in [0.1, 0.15) is 23.0 Å². The molecule has 0 aliphatic heterocycles. The minimum Gasteiger partial charge on any atom is -0.348 e. The van der Waals surface area contributed by atoms with E-state index in [0.29, 0.717) is 11.1 Å². The molecule has 2 aromatic heterocycles. The Kier molecular flexibility index (Phi) is 4.06. The number of benzene rings is 1. The highest BCUT2D eigenvalue weighted by Crippen LogP contribution is 2.11. The number of hydrogen-bond acceptors (Lipinski definition) is 3. The molecule has 5 heteroatoms. The number of fused-ring (bicyclic) bond motifs is 1. The molecule has 2 N–H and O–H groups in total. The van der Waals surface area contributed by atoms with Crippen LogP contribution in [0.3, 0.4) is 0 Å². The lowest BCUT2D eigenvalue weighted by atomic mass is 10.1. The van der Waals surface area contributed by atoms with E-state index in [0.717, 1.165) is 11.8 Å². The lowest BCUT2D eigenvalue weighted by molar-refractivity contribution is 0.0935. The van der Waals surface area contributed by atoms with Crippen molar-refractivity contribution in [2.75, 3.05) is 0 Å². The van der Waals surface area contributed by atoms with Gasteiger partial charge in [-0.25, -0.2) is 0 Å². The molecule has 1 amide bonds. The maximum Gasteiger partial charge on any atom is 0.268 e. The van der Waals surface area contributed by atoms with Gasteiger partial charge in [-0.2, -0.15) is 11.3 Å². The van der Waals surface area contributed by atoms with Crippen LogP contribution in [0.2, 0.25) is 0 Å². The molecule has 0 unspecified atom stereocenters. The predicted molar refractivity (Wildman–Crippen MR) is 89.5 cm³/mol. The highest BCUT2D eigenvalue weighted by molar-refractivity contribution is 7.07. The lowest BCUT2D eigenvalue weighted by Gasteiger charge is -2.13. The van der Waals surface area contributed by atoms with Crippen LogP contribution in [0, 0.1) is 0 Å². The first-order chi connectivity index (χ1) is 10.6. The van der Waals surface area contributed by atoms with Crippen LogP contribution < -0.4 is 10.9 Å². The summed E-state index contributed by atoms with van der Waals surface area (Å²) in [7, 11) is 0. The van der Waals surface area contributed by atoms with Crippen molar-refractivity contribution in [3.63, 3.8) is 0 Å². The molecule has 1 atom stereocenters.